The van der Waals surface area contributed by atoms with Crippen molar-refractivity contribution >= 4 is 0 Å². The van der Waals surface area contributed by atoms with Crippen molar-refractivity contribution in [1.82, 2.24) is 15.5 Å². The van der Waals surface area contributed by atoms with E-state index in [-0.39, 0.29) is 23.2 Å². The topological polar surface area (TPSA) is 95.0 Å². The standard InChI is InChI=1S/C20H17FN4O2/c21-8-9-23-17-6-5-14-15(17)2-1-3-16(14)19-24-20(27-25-19)12-4-7-18(26)13(10-12)11-22/h1-4,7,10,17,23,26H,5-6,8-9H2/t17-/m0/s1. The summed E-state index contributed by atoms with van der Waals surface area (Å²) in [4.78, 5) is 4.47. The van der Waals surface area contributed by atoms with Gasteiger partial charge in [-0.15, -0.1) is 0 Å². The number of phenols is 1. The summed E-state index contributed by atoms with van der Waals surface area (Å²) in [7, 11) is 0. The van der Waals surface area contributed by atoms with Gasteiger partial charge in [0.2, 0.25) is 5.82 Å². The van der Waals surface area contributed by atoms with E-state index in [1.165, 1.54) is 12.1 Å². The van der Waals surface area contributed by atoms with Gasteiger partial charge >= 0.3 is 0 Å². The minimum atomic E-state index is -0.392. The van der Waals surface area contributed by atoms with Gasteiger partial charge in [0.1, 0.15) is 18.5 Å². The second kappa shape index (κ2) is 7.17. The molecule has 1 aliphatic rings. The lowest BCUT2D eigenvalue weighted by Gasteiger charge is -2.13. The molecule has 7 heteroatoms. The first-order valence-electron chi connectivity index (χ1n) is 8.70. The van der Waals surface area contributed by atoms with Crippen molar-refractivity contribution in [1.29, 1.82) is 5.26 Å². The molecule has 0 aliphatic heterocycles. The van der Waals surface area contributed by atoms with Crippen LogP contribution in [0.2, 0.25) is 0 Å². The number of nitriles is 1. The van der Waals surface area contributed by atoms with Gasteiger partial charge in [-0.25, -0.2) is 4.39 Å². The first kappa shape index (κ1) is 17.2. The summed E-state index contributed by atoms with van der Waals surface area (Å²) < 4.78 is 17.9. The monoisotopic (exact) mass is 364 g/mol. The molecule has 4 rings (SSSR count). The Kier molecular flexibility index (Phi) is 4.57. The van der Waals surface area contributed by atoms with Crippen molar-refractivity contribution < 1.29 is 14.0 Å². The zero-order valence-electron chi connectivity index (χ0n) is 14.4. The number of nitrogens with zero attached hydrogens (tertiary/aromatic N) is 3. The number of hydrogen-bond acceptors (Lipinski definition) is 6. The van der Waals surface area contributed by atoms with Crippen LogP contribution < -0.4 is 5.32 Å². The highest BCUT2D eigenvalue weighted by atomic mass is 19.1. The highest BCUT2D eigenvalue weighted by Crippen LogP contribution is 2.37. The van der Waals surface area contributed by atoms with Crippen molar-refractivity contribution in [2.45, 2.75) is 18.9 Å². The van der Waals surface area contributed by atoms with E-state index in [0.717, 1.165) is 29.5 Å². The Hall–Kier alpha value is -3.24. The molecule has 1 atom stereocenters. The normalized spacial score (nSPS) is 15.5. The van der Waals surface area contributed by atoms with Crippen molar-refractivity contribution in [2.24, 2.45) is 0 Å². The van der Waals surface area contributed by atoms with E-state index < -0.39 is 6.67 Å². The number of phenolic OH excluding ortho intramolecular Hbond substituents is 1. The lowest BCUT2D eigenvalue weighted by atomic mass is 10.0. The first-order valence-corrected chi connectivity index (χ1v) is 8.70. The third-order valence-corrected chi connectivity index (χ3v) is 4.79. The van der Waals surface area contributed by atoms with Gasteiger partial charge in [0.05, 0.1) is 5.56 Å². The molecule has 0 bridgehead atoms. The molecule has 6 nitrogen and oxygen atoms in total. The minimum Gasteiger partial charge on any atom is -0.507 e. The van der Waals surface area contributed by atoms with Crippen LogP contribution in [0.5, 0.6) is 5.75 Å². The van der Waals surface area contributed by atoms with E-state index in [2.05, 4.69) is 15.5 Å². The Morgan fingerprint density at radius 3 is 3.04 bits per heavy atom. The maximum atomic E-state index is 12.5. The summed E-state index contributed by atoms with van der Waals surface area (Å²) in [5.41, 5.74) is 3.90. The number of rotatable bonds is 5. The number of aromatic hydroxyl groups is 1. The van der Waals surface area contributed by atoms with Crippen LogP contribution in [0.1, 0.15) is 29.2 Å². The second-order valence-electron chi connectivity index (χ2n) is 6.37. The molecule has 0 amide bonds. The molecule has 0 fully saturated rings. The van der Waals surface area contributed by atoms with Gasteiger partial charge in [-0.2, -0.15) is 10.2 Å². The number of fused-ring (bicyclic) bond motifs is 1. The number of halogens is 1. The third kappa shape index (κ3) is 3.15. The Bertz CT molecular complexity index is 1030. The first-order chi connectivity index (χ1) is 13.2. The van der Waals surface area contributed by atoms with E-state index in [4.69, 9.17) is 9.78 Å². The predicted molar refractivity (Wildman–Crippen MR) is 96.6 cm³/mol. The molecule has 0 saturated heterocycles. The maximum absolute atomic E-state index is 12.5. The Morgan fingerprint density at radius 2 is 2.22 bits per heavy atom. The van der Waals surface area contributed by atoms with Crippen LogP contribution in [0.25, 0.3) is 22.8 Å². The fourth-order valence-electron chi connectivity index (χ4n) is 3.51. The van der Waals surface area contributed by atoms with Crippen molar-refractivity contribution in [3.05, 3.63) is 53.1 Å². The molecule has 0 saturated carbocycles. The van der Waals surface area contributed by atoms with Gasteiger partial charge in [-0.3, -0.25) is 0 Å². The SMILES string of the molecule is N#Cc1cc(-c2nc(-c3cccc4c3CC[C@@H]4NCCF)no2)ccc1O. The molecule has 0 unspecified atom stereocenters. The van der Waals surface area contributed by atoms with E-state index in [1.807, 2.05) is 24.3 Å². The van der Waals surface area contributed by atoms with Gasteiger partial charge in [-0.1, -0.05) is 23.4 Å². The van der Waals surface area contributed by atoms with Gasteiger partial charge < -0.3 is 14.9 Å². The molecule has 27 heavy (non-hydrogen) atoms. The van der Waals surface area contributed by atoms with E-state index in [9.17, 15) is 9.50 Å². The number of aromatic nitrogens is 2. The smallest absolute Gasteiger partial charge is 0.258 e. The lowest BCUT2D eigenvalue weighted by molar-refractivity contribution is 0.432. The fraction of sp³-hybridized carbons (Fsp3) is 0.250. The van der Waals surface area contributed by atoms with E-state index >= 15 is 0 Å². The largest absolute Gasteiger partial charge is 0.507 e. The summed E-state index contributed by atoms with van der Waals surface area (Å²) in [6.45, 7) is -0.0557. The zero-order chi connectivity index (χ0) is 18.8. The fourth-order valence-corrected chi connectivity index (χ4v) is 3.51. The number of nitrogens with one attached hydrogen (secondary N) is 1. The van der Waals surface area contributed by atoms with Gasteiger partial charge in [0, 0.05) is 23.7 Å². The number of alkyl halides is 1. The Morgan fingerprint density at radius 1 is 1.33 bits per heavy atom. The molecule has 1 heterocycles. The highest BCUT2D eigenvalue weighted by Gasteiger charge is 2.26. The molecule has 0 spiro atoms. The molecule has 1 aliphatic carbocycles. The molecule has 136 valence electrons. The van der Waals surface area contributed by atoms with Crippen LogP contribution >= 0.6 is 0 Å². The summed E-state index contributed by atoms with van der Waals surface area (Å²) in [6.07, 6.45) is 1.76. The Labute approximate surface area is 155 Å². The van der Waals surface area contributed by atoms with Crippen molar-refractivity contribution in [2.75, 3.05) is 13.2 Å². The van der Waals surface area contributed by atoms with Crippen LogP contribution in [-0.2, 0) is 6.42 Å². The van der Waals surface area contributed by atoms with Gasteiger partial charge in [0.25, 0.3) is 5.89 Å². The molecule has 2 aromatic carbocycles. The predicted octanol–water partition coefficient (Wildman–Crippen LogP) is 3.53. The average Bonchev–Trinajstić information content (AvgIpc) is 3.34. The van der Waals surface area contributed by atoms with Crippen LogP contribution in [-0.4, -0.2) is 28.5 Å². The lowest BCUT2D eigenvalue weighted by Crippen LogP contribution is -2.21. The third-order valence-electron chi connectivity index (χ3n) is 4.79. The quantitative estimate of drug-likeness (QED) is 0.719. The number of benzene rings is 2. The maximum Gasteiger partial charge on any atom is 0.258 e. The van der Waals surface area contributed by atoms with Crippen LogP contribution in [0, 0.1) is 11.3 Å². The van der Waals surface area contributed by atoms with Gasteiger partial charge in [0.15, 0.2) is 0 Å². The molecular formula is C20H17FN4O2. The second-order valence-corrected chi connectivity index (χ2v) is 6.37. The minimum absolute atomic E-state index is 0.0892. The van der Waals surface area contributed by atoms with Crippen molar-refractivity contribution in [3.8, 4) is 34.7 Å². The zero-order valence-corrected chi connectivity index (χ0v) is 14.4. The van der Waals surface area contributed by atoms with Crippen molar-refractivity contribution in [3.63, 3.8) is 0 Å². The molecule has 1 aromatic heterocycles. The summed E-state index contributed by atoms with van der Waals surface area (Å²) in [6, 6.07) is 12.6. The molecular weight excluding hydrogens is 347 g/mol. The average molecular weight is 364 g/mol. The molecule has 0 radical (unpaired) electrons. The summed E-state index contributed by atoms with van der Waals surface area (Å²) in [5.74, 6) is 0.664. The summed E-state index contributed by atoms with van der Waals surface area (Å²) in [5, 5.41) is 26.0. The summed E-state index contributed by atoms with van der Waals surface area (Å²) >= 11 is 0. The highest BCUT2D eigenvalue weighted by molar-refractivity contribution is 5.67. The van der Waals surface area contributed by atoms with Crippen LogP contribution in [0.3, 0.4) is 0 Å². The van der Waals surface area contributed by atoms with E-state index in [1.54, 1.807) is 6.07 Å². The van der Waals surface area contributed by atoms with Gasteiger partial charge in [-0.05, 0) is 42.2 Å². The van der Waals surface area contributed by atoms with Crippen LogP contribution in [0.15, 0.2) is 40.9 Å². The number of hydrogen-bond donors (Lipinski definition) is 2. The Balaban J connectivity index is 1.67. The molecule has 2 N–H and O–H groups in total. The molecule has 3 aromatic rings. The van der Waals surface area contributed by atoms with E-state index in [0.29, 0.717) is 17.9 Å². The van der Waals surface area contributed by atoms with Crippen LogP contribution in [0.4, 0.5) is 4.39 Å².